The monoisotopic (exact) mass is 518 g/mol. The van der Waals surface area contributed by atoms with E-state index in [-0.39, 0.29) is 18.3 Å². The maximum absolute atomic E-state index is 14.3. The minimum atomic E-state index is -2.85. The average molecular weight is 518 g/mol. The normalized spacial score (nSPS) is 24.6. The van der Waals surface area contributed by atoms with E-state index in [4.69, 9.17) is 15.5 Å². The van der Waals surface area contributed by atoms with Crippen molar-refractivity contribution in [1.82, 2.24) is 19.7 Å². The molecule has 0 bridgehead atoms. The number of allylic oxidation sites excluding steroid dienone is 1. The molecule has 3 aliphatic rings. The number of carbonyl (C=O) groups excluding carboxylic acids is 1. The lowest BCUT2D eigenvalue weighted by Crippen LogP contribution is -2.35. The van der Waals surface area contributed by atoms with Gasteiger partial charge in [-0.05, 0) is 36.6 Å². The molecule has 1 aliphatic carbocycles. The largest absolute Gasteiger partial charge is 0.449 e. The van der Waals surface area contributed by atoms with E-state index >= 15 is 0 Å². The number of fused-ring (bicyclic) bond motifs is 3. The van der Waals surface area contributed by atoms with Crippen molar-refractivity contribution in [1.29, 1.82) is 0 Å². The van der Waals surface area contributed by atoms with Gasteiger partial charge in [-0.25, -0.2) is 23.2 Å². The molecule has 1 saturated carbocycles. The highest BCUT2D eigenvalue weighted by molar-refractivity contribution is 7.11. The van der Waals surface area contributed by atoms with Crippen LogP contribution in [0.1, 0.15) is 41.7 Å². The molecule has 1 saturated heterocycles. The second-order valence-corrected chi connectivity index (χ2v) is 9.82. The SMILES string of the molecule is NC(=O)OC[C@]12CC3=C(c4ccn(C(F)F)n4)[C@@H](c4ccc(F)c(F)c4)N=C(c4nccs4)N3C1C2. The first-order valence-corrected chi connectivity index (χ1v) is 11.9. The Morgan fingerprint density at radius 1 is 1.28 bits per heavy atom. The van der Waals surface area contributed by atoms with Gasteiger partial charge in [0.25, 0.3) is 0 Å². The molecule has 1 unspecified atom stereocenters. The summed E-state index contributed by atoms with van der Waals surface area (Å²) in [4.78, 5) is 22.6. The molecule has 3 aromatic rings. The number of alkyl halides is 2. The van der Waals surface area contributed by atoms with Crippen molar-refractivity contribution in [3.05, 3.63) is 75.6 Å². The molecule has 36 heavy (non-hydrogen) atoms. The Morgan fingerprint density at radius 2 is 2.11 bits per heavy atom. The number of thiazole rings is 1. The number of hydrogen-bond donors (Lipinski definition) is 1. The molecule has 2 N–H and O–H groups in total. The van der Waals surface area contributed by atoms with E-state index in [1.54, 1.807) is 11.6 Å². The highest BCUT2D eigenvalue weighted by Crippen LogP contribution is 2.64. The number of benzene rings is 1. The number of hydrogen-bond acceptors (Lipinski definition) is 7. The molecule has 3 atom stereocenters. The highest BCUT2D eigenvalue weighted by Gasteiger charge is 2.66. The van der Waals surface area contributed by atoms with Gasteiger partial charge in [0.05, 0.1) is 5.69 Å². The third-order valence-electron chi connectivity index (χ3n) is 6.80. The number of piperidine rings is 1. The zero-order valence-electron chi connectivity index (χ0n) is 18.4. The molecule has 8 nitrogen and oxygen atoms in total. The Hall–Kier alpha value is -3.74. The summed E-state index contributed by atoms with van der Waals surface area (Å²) in [6.45, 7) is -2.78. The van der Waals surface area contributed by atoms with Crippen LogP contribution in [-0.4, -0.2) is 44.2 Å². The molecular formula is C23H18F4N6O2S. The first-order valence-electron chi connectivity index (χ1n) is 11.0. The lowest BCUT2D eigenvalue weighted by Gasteiger charge is -2.33. The second kappa shape index (κ2) is 8.15. The van der Waals surface area contributed by atoms with E-state index in [0.29, 0.717) is 39.5 Å². The van der Waals surface area contributed by atoms with Crippen LogP contribution in [0.4, 0.5) is 22.4 Å². The van der Waals surface area contributed by atoms with Gasteiger partial charge in [-0.1, -0.05) is 6.07 Å². The molecule has 0 spiro atoms. The first kappa shape index (κ1) is 22.7. The summed E-state index contributed by atoms with van der Waals surface area (Å²) in [6, 6.07) is 3.95. The number of amides is 1. The van der Waals surface area contributed by atoms with Gasteiger partial charge in [-0.2, -0.15) is 13.9 Å². The van der Waals surface area contributed by atoms with Gasteiger partial charge >= 0.3 is 12.6 Å². The Morgan fingerprint density at radius 3 is 2.78 bits per heavy atom. The van der Waals surface area contributed by atoms with E-state index in [1.165, 1.54) is 23.5 Å². The van der Waals surface area contributed by atoms with Crippen LogP contribution in [0.15, 0.2) is 52.7 Å². The number of amidine groups is 1. The lowest BCUT2D eigenvalue weighted by atomic mass is 9.90. The second-order valence-electron chi connectivity index (χ2n) is 8.92. The predicted molar refractivity (Wildman–Crippen MR) is 121 cm³/mol. The van der Waals surface area contributed by atoms with Gasteiger partial charge in [0.1, 0.15) is 12.6 Å². The lowest BCUT2D eigenvalue weighted by molar-refractivity contribution is 0.0564. The maximum atomic E-state index is 14.3. The molecule has 2 fully saturated rings. The molecule has 6 rings (SSSR count). The van der Waals surface area contributed by atoms with Crippen molar-refractivity contribution in [2.75, 3.05) is 6.61 Å². The number of aliphatic imine (C=N–C) groups is 1. The molecule has 4 heterocycles. The number of nitrogens with two attached hydrogens (primary N) is 1. The molecular weight excluding hydrogens is 500 g/mol. The first-order chi connectivity index (χ1) is 17.3. The van der Waals surface area contributed by atoms with E-state index in [0.717, 1.165) is 24.0 Å². The topological polar surface area (TPSA) is 98.6 Å². The van der Waals surface area contributed by atoms with Crippen LogP contribution in [-0.2, 0) is 4.74 Å². The molecule has 1 aromatic carbocycles. The number of rotatable bonds is 6. The Bertz CT molecular complexity index is 1420. The van der Waals surface area contributed by atoms with Crippen LogP contribution in [0.5, 0.6) is 0 Å². The van der Waals surface area contributed by atoms with E-state index in [1.807, 2.05) is 4.90 Å². The summed E-state index contributed by atoms with van der Waals surface area (Å²) in [5.41, 5.74) is 6.55. The zero-order chi connectivity index (χ0) is 25.2. The van der Waals surface area contributed by atoms with Gasteiger partial charge in [0.15, 0.2) is 22.5 Å². The van der Waals surface area contributed by atoms with Crippen molar-refractivity contribution in [2.45, 2.75) is 31.5 Å². The van der Waals surface area contributed by atoms with Crippen molar-refractivity contribution in [3.63, 3.8) is 0 Å². The molecule has 186 valence electrons. The quantitative estimate of drug-likeness (QED) is 0.485. The molecule has 13 heteroatoms. The van der Waals surface area contributed by atoms with Crippen LogP contribution >= 0.6 is 11.3 Å². The number of primary amides is 1. The van der Waals surface area contributed by atoms with Gasteiger partial charge < -0.3 is 15.4 Å². The van der Waals surface area contributed by atoms with Crippen LogP contribution in [0.2, 0.25) is 0 Å². The summed E-state index contributed by atoms with van der Waals surface area (Å²) in [6.07, 6.45) is 3.01. The third-order valence-corrected chi connectivity index (χ3v) is 7.57. The minimum Gasteiger partial charge on any atom is -0.449 e. The van der Waals surface area contributed by atoms with Gasteiger partial charge in [0.2, 0.25) is 0 Å². The molecule has 1 amide bonds. The molecule has 2 aliphatic heterocycles. The smallest absolute Gasteiger partial charge is 0.404 e. The highest BCUT2D eigenvalue weighted by atomic mass is 32.1. The van der Waals surface area contributed by atoms with E-state index < -0.39 is 35.7 Å². The number of aromatic nitrogens is 3. The Balaban J connectivity index is 1.54. The average Bonchev–Trinajstić information content (AvgIpc) is 3.30. The minimum absolute atomic E-state index is 0.0761. The zero-order valence-corrected chi connectivity index (χ0v) is 19.3. The van der Waals surface area contributed by atoms with Gasteiger partial charge in [-0.3, -0.25) is 4.99 Å². The Labute approximate surface area is 205 Å². The summed E-state index contributed by atoms with van der Waals surface area (Å²) in [5.74, 6) is -1.54. The fourth-order valence-corrected chi connectivity index (χ4v) is 5.74. The van der Waals surface area contributed by atoms with Crippen LogP contribution in [0, 0.1) is 17.0 Å². The summed E-state index contributed by atoms with van der Waals surface area (Å²) >= 11 is 1.36. The van der Waals surface area contributed by atoms with Gasteiger partial charge in [0, 0.05) is 40.5 Å². The van der Waals surface area contributed by atoms with E-state index in [2.05, 4.69) is 10.1 Å². The van der Waals surface area contributed by atoms with Crippen LogP contribution in [0.3, 0.4) is 0 Å². The maximum Gasteiger partial charge on any atom is 0.404 e. The fourth-order valence-electron chi connectivity index (χ4n) is 5.11. The molecule has 2 aromatic heterocycles. The fraction of sp³-hybridized carbons (Fsp3) is 0.304. The van der Waals surface area contributed by atoms with Crippen LogP contribution in [0.25, 0.3) is 5.57 Å². The van der Waals surface area contributed by atoms with Crippen molar-refractivity contribution < 1.29 is 27.1 Å². The predicted octanol–water partition coefficient (Wildman–Crippen LogP) is 4.49. The number of carbonyl (C=O) groups is 1. The third kappa shape index (κ3) is 3.56. The number of nitrogens with zero attached hydrogens (tertiary/aromatic N) is 5. The number of halogens is 4. The standard InChI is InChI=1S/C23H18F4N6O2S/c24-12-2-1-11(7-13(12)25)18-17(14-3-5-32(31-14)21(26)27)15-8-23(10-35-22(28)34)9-16(23)33(15)19(30-18)20-29-4-6-36-20/h1-7,16,18,21H,8-10H2,(H2,28,34)/t16?,18-,23-/m1/s1. The van der Waals surface area contributed by atoms with Crippen molar-refractivity contribution in [2.24, 2.45) is 16.1 Å². The summed E-state index contributed by atoms with van der Waals surface area (Å²) in [5, 5.41) is 6.46. The summed E-state index contributed by atoms with van der Waals surface area (Å²) < 4.78 is 60.5. The van der Waals surface area contributed by atoms with Crippen molar-refractivity contribution >= 4 is 28.8 Å². The van der Waals surface area contributed by atoms with E-state index in [9.17, 15) is 22.4 Å². The summed E-state index contributed by atoms with van der Waals surface area (Å²) in [7, 11) is 0. The van der Waals surface area contributed by atoms with Gasteiger partial charge in [-0.15, -0.1) is 11.3 Å². The van der Waals surface area contributed by atoms with Crippen molar-refractivity contribution in [3.8, 4) is 0 Å². The van der Waals surface area contributed by atoms with Crippen LogP contribution < -0.4 is 5.73 Å². The Kier molecular flexibility index (Phi) is 5.14. The number of ether oxygens (including phenoxy) is 1. The molecule has 0 radical (unpaired) electrons.